The third kappa shape index (κ3) is 8.24. The Morgan fingerprint density at radius 2 is 1.60 bits per heavy atom. The minimum Gasteiger partial charge on any atom is -0.497 e. The van der Waals surface area contributed by atoms with Crippen LogP contribution in [0, 0.1) is 5.82 Å². The average Bonchev–Trinajstić information content (AvgIpc) is 3.06. The van der Waals surface area contributed by atoms with Crippen LogP contribution in [0.1, 0.15) is 44.6 Å². The van der Waals surface area contributed by atoms with Crippen molar-refractivity contribution in [2.24, 2.45) is 0 Å². The molecule has 0 aliphatic heterocycles. The Balaban J connectivity index is 1.71. The van der Waals surface area contributed by atoms with Crippen molar-refractivity contribution in [1.29, 1.82) is 0 Å². The topological polar surface area (TPSA) is 114 Å². The van der Waals surface area contributed by atoms with Crippen molar-refractivity contribution in [1.82, 2.24) is 10.2 Å². The van der Waals surface area contributed by atoms with E-state index < -0.39 is 34.3 Å². The zero-order valence-electron chi connectivity index (χ0n) is 26.0. The number of hydrogen-bond acceptors (Lipinski definition) is 7. The second kappa shape index (κ2) is 15.1. The first-order valence-corrected chi connectivity index (χ1v) is 16.2. The fourth-order valence-corrected chi connectivity index (χ4v) is 6.79. The number of benzene rings is 3. The number of sulfonamides is 1. The molecular formula is C33H40FN3O7S. The predicted molar refractivity (Wildman–Crippen MR) is 168 cm³/mol. The van der Waals surface area contributed by atoms with E-state index in [2.05, 4.69) is 5.32 Å². The van der Waals surface area contributed by atoms with Crippen LogP contribution in [0.25, 0.3) is 0 Å². The largest absolute Gasteiger partial charge is 0.497 e. The van der Waals surface area contributed by atoms with Crippen LogP contribution in [-0.4, -0.2) is 65.1 Å². The summed E-state index contributed by atoms with van der Waals surface area (Å²) in [6, 6.07) is 15.1. The van der Waals surface area contributed by atoms with Crippen molar-refractivity contribution in [2.45, 2.75) is 62.6 Å². The van der Waals surface area contributed by atoms with E-state index in [-0.39, 0.29) is 34.8 Å². The van der Waals surface area contributed by atoms with Gasteiger partial charge in [-0.2, -0.15) is 0 Å². The van der Waals surface area contributed by atoms with Gasteiger partial charge in [-0.15, -0.1) is 0 Å². The standard InChI is InChI=1S/C33H40FN3O7S/c1-23(33(39)35-26-10-6-5-7-11-26)36(21-24-9-8-12-28(19-24)42-2)32(38)22-37(27-15-13-25(34)14-16-27)45(40,41)29-17-18-30(43-3)31(20-29)44-4/h8-9,12-20,23,26H,5-7,10-11,21-22H2,1-4H3,(H,35,39)/t23-/m0/s1. The van der Waals surface area contributed by atoms with Gasteiger partial charge in [-0.1, -0.05) is 31.4 Å². The highest BCUT2D eigenvalue weighted by atomic mass is 32.2. The van der Waals surface area contributed by atoms with Crippen molar-refractivity contribution in [3.8, 4) is 17.2 Å². The molecule has 3 aromatic carbocycles. The van der Waals surface area contributed by atoms with E-state index in [9.17, 15) is 22.4 Å². The molecule has 0 unspecified atom stereocenters. The van der Waals surface area contributed by atoms with Crippen LogP contribution < -0.4 is 23.8 Å². The number of methoxy groups -OCH3 is 3. The lowest BCUT2D eigenvalue weighted by Gasteiger charge is -2.33. The number of ether oxygens (including phenoxy) is 3. The van der Waals surface area contributed by atoms with Gasteiger partial charge in [0.25, 0.3) is 10.0 Å². The summed E-state index contributed by atoms with van der Waals surface area (Å²) in [5.74, 6) is -0.448. The normalized spacial score (nSPS) is 14.2. The number of rotatable bonds is 13. The molecule has 45 heavy (non-hydrogen) atoms. The van der Waals surface area contributed by atoms with E-state index in [1.165, 1.54) is 56.6 Å². The van der Waals surface area contributed by atoms with Crippen molar-refractivity contribution >= 4 is 27.5 Å². The van der Waals surface area contributed by atoms with Gasteiger partial charge in [-0.25, -0.2) is 12.8 Å². The van der Waals surface area contributed by atoms with Crippen LogP contribution in [0.3, 0.4) is 0 Å². The highest BCUT2D eigenvalue weighted by Gasteiger charge is 2.34. The van der Waals surface area contributed by atoms with E-state index in [0.29, 0.717) is 17.1 Å². The van der Waals surface area contributed by atoms with E-state index in [0.717, 1.165) is 48.5 Å². The van der Waals surface area contributed by atoms with Gasteiger partial charge in [0.1, 0.15) is 24.2 Å². The lowest BCUT2D eigenvalue weighted by atomic mass is 9.95. The lowest BCUT2D eigenvalue weighted by Crippen LogP contribution is -2.53. The molecule has 0 heterocycles. The Morgan fingerprint density at radius 1 is 0.911 bits per heavy atom. The number of hydrogen-bond donors (Lipinski definition) is 1. The molecule has 0 spiro atoms. The van der Waals surface area contributed by atoms with E-state index >= 15 is 0 Å². The third-order valence-electron chi connectivity index (χ3n) is 7.94. The zero-order chi connectivity index (χ0) is 32.6. The molecule has 1 aliphatic rings. The fourth-order valence-electron chi connectivity index (χ4n) is 5.36. The summed E-state index contributed by atoms with van der Waals surface area (Å²) in [7, 11) is -0.0591. The Morgan fingerprint density at radius 3 is 2.24 bits per heavy atom. The van der Waals surface area contributed by atoms with Gasteiger partial charge in [0, 0.05) is 18.7 Å². The minimum atomic E-state index is -4.40. The third-order valence-corrected chi connectivity index (χ3v) is 9.71. The number of carbonyl (C=O) groups is 2. The fraction of sp³-hybridized carbons (Fsp3) is 0.394. The molecule has 1 aliphatic carbocycles. The van der Waals surface area contributed by atoms with Crippen molar-refractivity contribution in [3.63, 3.8) is 0 Å². The second-order valence-electron chi connectivity index (χ2n) is 10.9. The molecule has 1 saturated carbocycles. The van der Waals surface area contributed by atoms with E-state index in [4.69, 9.17) is 14.2 Å². The van der Waals surface area contributed by atoms with Gasteiger partial charge in [0.15, 0.2) is 11.5 Å². The smallest absolute Gasteiger partial charge is 0.264 e. The molecular weight excluding hydrogens is 601 g/mol. The van der Waals surface area contributed by atoms with Gasteiger partial charge >= 0.3 is 0 Å². The van der Waals surface area contributed by atoms with Gasteiger partial charge in [-0.3, -0.25) is 13.9 Å². The van der Waals surface area contributed by atoms with Crippen molar-refractivity contribution < 1.29 is 36.6 Å². The SMILES string of the molecule is COc1cccc(CN(C(=O)CN(c2ccc(F)cc2)S(=O)(=O)c2ccc(OC)c(OC)c2)[C@@H](C)C(=O)NC2CCCCC2)c1. The second-order valence-corrected chi connectivity index (χ2v) is 12.8. The van der Waals surface area contributed by atoms with E-state index in [1.807, 2.05) is 0 Å². The molecule has 1 fully saturated rings. The molecule has 12 heteroatoms. The van der Waals surface area contributed by atoms with Gasteiger partial charge in [0.2, 0.25) is 11.8 Å². The van der Waals surface area contributed by atoms with Gasteiger partial charge in [-0.05, 0) is 73.9 Å². The van der Waals surface area contributed by atoms with Crippen molar-refractivity contribution in [2.75, 3.05) is 32.2 Å². The number of anilines is 1. The summed E-state index contributed by atoms with van der Waals surface area (Å²) in [4.78, 5) is 28.9. The number of carbonyl (C=O) groups excluding carboxylic acids is 2. The first-order chi connectivity index (χ1) is 21.6. The van der Waals surface area contributed by atoms with Crippen LogP contribution in [0.15, 0.2) is 71.6 Å². The maximum absolute atomic E-state index is 14.2. The summed E-state index contributed by atoms with van der Waals surface area (Å²) in [6.45, 7) is 0.984. The van der Waals surface area contributed by atoms with Crippen LogP contribution >= 0.6 is 0 Å². The zero-order valence-corrected chi connectivity index (χ0v) is 26.8. The molecule has 4 rings (SSSR count). The Bertz CT molecular complexity index is 1580. The molecule has 1 atom stereocenters. The number of nitrogens with one attached hydrogen (secondary N) is 1. The number of amides is 2. The summed E-state index contributed by atoms with van der Waals surface area (Å²) < 4.78 is 59.0. The average molecular weight is 642 g/mol. The highest BCUT2D eigenvalue weighted by molar-refractivity contribution is 7.92. The Kier molecular flexibility index (Phi) is 11.3. The maximum atomic E-state index is 14.2. The van der Waals surface area contributed by atoms with Crippen LogP contribution in [0.2, 0.25) is 0 Å². The molecule has 0 bridgehead atoms. The summed E-state index contributed by atoms with van der Waals surface area (Å²) in [5.41, 5.74) is 0.760. The summed E-state index contributed by atoms with van der Waals surface area (Å²) >= 11 is 0. The lowest BCUT2D eigenvalue weighted by molar-refractivity contribution is -0.139. The van der Waals surface area contributed by atoms with Crippen LogP contribution in [0.4, 0.5) is 10.1 Å². The molecule has 0 radical (unpaired) electrons. The first-order valence-electron chi connectivity index (χ1n) is 14.8. The molecule has 10 nitrogen and oxygen atoms in total. The molecule has 0 aromatic heterocycles. The van der Waals surface area contributed by atoms with Gasteiger partial charge < -0.3 is 24.4 Å². The molecule has 3 aromatic rings. The van der Waals surface area contributed by atoms with E-state index in [1.54, 1.807) is 31.2 Å². The number of nitrogens with zero attached hydrogens (tertiary/aromatic N) is 2. The summed E-state index contributed by atoms with van der Waals surface area (Å²) in [5, 5.41) is 3.08. The maximum Gasteiger partial charge on any atom is 0.264 e. The van der Waals surface area contributed by atoms with Crippen LogP contribution in [-0.2, 0) is 26.2 Å². The van der Waals surface area contributed by atoms with Crippen LogP contribution in [0.5, 0.6) is 17.2 Å². The summed E-state index contributed by atoms with van der Waals surface area (Å²) in [6.07, 6.45) is 4.89. The highest BCUT2D eigenvalue weighted by Crippen LogP contribution is 2.32. The Hall–Kier alpha value is -4.32. The molecule has 242 valence electrons. The molecule has 1 N–H and O–H groups in total. The Labute approximate surface area is 264 Å². The number of halogens is 1. The van der Waals surface area contributed by atoms with Gasteiger partial charge in [0.05, 0.1) is 31.9 Å². The molecule has 2 amide bonds. The molecule has 0 saturated heterocycles. The predicted octanol–water partition coefficient (Wildman–Crippen LogP) is 4.91. The minimum absolute atomic E-state index is 0.0168. The quantitative estimate of drug-likeness (QED) is 0.282. The first kappa shape index (κ1) is 33.6. The van der Waals surface area contributed by atoms with Crippen molar-refractivity contribution in [3.05, 3.63) is 78.1 Å². The monoisotopic (exact) mass is 641 g/mol.